The molecular formula is C13H16O3. The Hall–Kier alpha value is -1.35. The van der Waals surface area contributed by atoms with E-state index in [1.807, 2.05) is 19.1 Å². The lowest BCUT2D eigenvalue weighted by Crippen LogP contribution is -2.04. The summed E-state index contributed by atoms with van der Waals surface area (Å²) in [5, 5.41) is 0. The van der Waals surface area contributed by atoms with Crippen LogP contribution in [0.15, 0.2) is 18.2 Å². The number of methoxy groups -OCH3 is 1. The monoisotopic (exact) mass is 220 g/mol. The molecule has 0 aromatic heterocycles. The third-order valence-electron chi connectivity index (χ3n) is 2.97. The molecule has 2 rings (SSSR count). The van der Waals surface area contributed by atoms with Gasteiger partial charge >= 0.3 is 5.97 Å². The van der Waals surface area contributed by atoms with Gasteiger partial charge in [-0.05, 0) is 43.0 Å². The molecule has 1 fully saturated rings. The molecule has 0 aliphatic carbocycles. The number of hydrogen-bond donors (Lipinski definition) is 0. The third kappa shape index (κ3) is 2.09. The molecule has 0 amide bonds. The largest absolute Gasteiger partial charge is 0.465 e. The minimum Gasteiger partial charge on any atom is -0.465 e. The summed E-state index contributed by atoms with van der Waals surface area (Å²) in [6, 6.07) is 5.64. The van der Waals surface area contributed by atoms with Crippen molar-refractivity contribution < 1.29 is 14.3 Å². The standard InChI is InChI=1S/C13H16O3/c1-9-8-10(13(14)15-2)5-6-11(9)12-4-3-7-16-12/h5-6,8,12H,3-4,7H2,1-2H3. The van der Waals surface area contributed by atoms with Crippen LogP contribution in [0, 0.1) is 6.92 Å². The molecule has 0 saturated carbocycles. The van der Waals surface area contributed by atoms with Gasteiger partial charge in [0, 0.05) is 6.61 Å². The number of benzene rings is 1. The van der Waals surface area contributed by atoms with Gasteiger partial charge in [0.2, 0.25) is 0 Å². The normalized spacial score (nSPS) is 19.8. The molecule has 0 spiro atoms. The minimum absolute atomic E-state index is 0.201. The number of ether oxygens (including phenoxy) is 2. The number of hydrogen-bond acceptors (Lipinski definition) is 3. The second kappa shape index (κ2) is 4.66. The maximum absolute atomic E-state index is 11.3. The Kier molecular flexibility index (Phi) is 3.25. The van der Waals surface area contributed by atoms with Crippen molar-refractivity contribution in [2.75, 3.05) is 13.7 Å². The van der Waals surface area contributed by atoms with Crippen LogP contribution >= 0.6 is 0 Å². The highest BCUT2D eigenvalue weighted by atomic mass is 16.5. The smallest absolute Gasteiger partial charge is 0.337 e. The van der Waals surface area contributed by atoms with Crippen LogP contribution in [0.1, 0.15) is 40.4 Å². The highest BCUT2D eigenvalue weighted by Gasteiger charge is 2.20. The van der Waals surface area contributed by atoms with E-state index in [-0.39, 0.29) is 12.1 Å². The Morgan fingerprint density at radius 3 is 2.88 bits per heavy atom. The molecule has 1 aliphatic heterocycles. The number of esters is 1. The average Bonchev–Trinajstić information content (AvgIpc) is 2.81. The van der Waals surface area contributed by atoms with Crippen molar-refractivity contribution in [2.45, 2.75) is 25.9 Å². The lowest BCUT2D eigenvalue weighted by atomic mass is 9.99. The SMILES string of the molecule is COC(=O)c1ccc(C2CCCO2)c(C)c1. The van der Waals surface area contributed by atoms with Crippen LogP contribution in [-0.4, -0.2) is 19.7 Å². The highest BCUT2D eigenvalue weighted by Crippen LogP contribution is 2.30. The lowest BCUT2D eigenvalue weighted by Gasteiger charge is -2.13. The molecule has 1 atom stereocenters. The van der Waals surface area contributed by atoms with Gasteiger partial charge in [0.1, 0.15) is 0 Å². The van der Waals surface area contributed by atoms with Gasteiger partial charge < -0.3 is 9.47 Å². The van der Waals surface area contributed by atoms with E-state index in [1.54, 1.807) is 6.07 Å². The van der Waals surface area contributed by atoms with Crippen molar-refractivity contribution in [3.8, 4) is 0 Å². The van der Waals surface area contributed by atoms with Gasteiger partial charge in [0.15, 0.2) is 0 Å². The first kappa shape index (κ1) is 11.1. The Morgan fingerprint density at radius 2 is 2.31 bits per heavy atom. The first-order valence-corrected chi connectivity index (χ1v) is 5.53. The summed E-state index contributed by atoms with van der Waals surface area (Å²) in [4.78, 5) is 11.3. The quantitative estimate of drug-likeness (QED) is 0.719. The summed E-state index contributed by atoms with van der Waals surface area (Å²) in [6.45, 7) is 2.84. The van der Waals surface area contributed by atoms with Crippen molar-refractivity contribution in [1.29, 1.82) is 0 Å². The first-order chi connectivity index (χ1) is 7.72. The summed E-state index contributed by atoms with van der Waals surface area (Å²) in [5.41, 5.74) is 2.88. The van der Waals surface area contributed by atoms with E-state index >= 15 is 0 Å². The molecule has 86 valence electrons. The van der Waals surface area contributed by atoms with Gasteiger partial charge in [0.25, 0.3) is 0 Å². The summed E-state index contributed by atoms with van der Waals surface area (Å²) < 4.78 is 10.3. The molecule has 1 saturated heterocycles. The number of aryl methyl sites for hydroxylation is 1. The highest BCUT2D eigenvalue weighted by molar-refractivity contribution is 5.89. The first-order valence-electron chi connectivity index (χ1n) is 5.53. The number of rotatable bonds is 2. The fourth-order valence-electron chi connectivity index (χ4n) is 2.10. The fraction of sp³-hybridized carbons (Fsp3) is 0.462. The van der Waals surface area contributed by atoms with Gasteiger partial charge in [-0.1, -0.05) is 6.07 Å². The number of carbonyl (C=O) groups is 1. The van der Waals surface area contributed by atoms with Crippen molar-refractivity contribution in [1.82, 2.24) is 0 Å². The number of carbonyl (C=O) groups excluding carboxylic acids is 1. The van der Waals surface area contributed by atoms with Crippen LogP contribution in [0.2, 0.25) is 0 Å². The van der Waals surface area contributed by atoms with E-state index in [4.69, 9.17) is 4.74 Å². The van der Waals surface area contributed by atoms with Crippen LogP contribution in [-0.2, 0) is 9.47 Å². The van der Waals surface area contributed by atoms with Gasteiger partial charge in [-0.15, -0.1) is 0 Å². The van der Waals surface area contributed by atoms with E-state index in [9.17, 15) is 4.79 Å². The Bertz CT molecular complexity index is 392. The minimum atomic E-state index is -0.290. The van der Waals surface area contributed by atoms with E-state index in [2.05, 4.69) is 4.74 Å². The van der Waals surface area contributed by atoms with Gasteiger partial charge in [-0.3, -0.25) is 0 Å². The van der Waals surface area contributed by atoms with Crippen molar-refractivity contribution in [3.05, 3.63) is 34.9 Å². The molecule has 0 bridgehead atoms. The molecule has 1 aromatic carbocycles. The summed E-state index contributed by atoms with van der Waals surface area (Å²) >= 11 is 0. The van der Waals surface area contributed by atoms with Crippen LogP contribution in [0.4, 0.5) is 0 Å². The molecule has 3 nitrogen and oxygen atoms in total. The predicted molar refractivity (Wildman–Crippen MR) is 60.4 cm³/mol. The maximum atomic E-state index is 11.3. The predicted octanol–water partition coefficient (Wildman–Crippen LogP) is 2.63. The van der Waals surface area contributed by atoms with E-state index in [1.165, 1.54) is 12.7 Å². The molecule has 1 unspecified atom stereocenters. The van der Waals surface area contributed by atoms with Gasteiger partial charge in [-0.2, -0.15) is 0 Å². The van der Waals surface area contributed by atoms with Gasteiger partial charge in [-0.25, -0.2) is 4.79 Å². The summed E-state index contributed by atoms with van der Waals surface area (Å²) in [5.74, 6) is -0.290. The zero-order chi connectivity index (χ0) is 11.5. The molecule has 16 heavy (non-hydrogen) atoms. The van der Waals surface area contributed by atoms with Gasteiger partial charge in [0.05, 0.1) is 18.8 Å². The second-order valence-electron chi connectivity index (χ2n) is 4.06. The molecule has 3 heteroatoms. The molecule has 1 aromatic rings. The molecular weight excluding hydrogens is 204 g/mol. The van der Waals surface area contributed by atoms with Crippen LogP contribution in [0.3, 0.4) is 0 Å². The molecule has 1 heterocycles. The van der Waals surface area contributed by atoms with Crippen LogP contribution in [0.25, 0.3) is 0 Å². The van der Waals surface area contributed by atoms with E-state index in [0.29, 0.717) is 5.56 Å². The summed E-state index contributed by atoms with van der Waals surface area (Å²) in [7, 11) is 1.39. The zero-order valence-corrected chi connectivity index (χ0v) is 9.66. The second-order valence-corrected chi connectivity index (χ2v) is 4.06. The molecule has 1 aliphatic rings. The Morgan fingerprint density at radius 1 is 1.50 bits per heavy atom. The van der Waals surface area contributed by atoms with Crippen molar-refractivity contribution in [2.24, 2.45) is 0 Å². The average molecular weight is 220 g/mol. The Labute approximate surface area is 95.4 Å². The van der Waals surface area contributed by atoms with Crippen LogP contribution in [0.5, 0.6) is 0 Å². The fourth-order valence-corrected chi connectivity index (χ4v) is 2.10. The molecule has 0 radical (unpaired) electrons. The van der Waals surface area contributed by atoms with Crippen molar-refractivity contribution in [3.63, 3.8) is 0 Å². The third-order valence-corrected chi connectivity index (χ3v) is 2.97. The maximum Gasteiger partial charge on any atom is 0.337 e. The zero-order valence-electron chi connectivity index (χ0n) is 9.66. The van der Waals surface area contributed by atoms with E-state index < -0.39 is 0 Å². The molecule has 0 N–H and O–H groups in total. The Balaban J connectivity index is 2.25. The topological polar surface area (TPSA) is 35.5 Å². The van der Waals surface area contributed by atoms with Crippen LogP contribution < -0.4 is 0 Å². The van der Waals surface area contributed by atoms with E-state index in [0.717, 1.165) is 25.0 Å². The summed E-state index contributed by atoms with van der Waals surface area (Å²) in [6.07, 6.45) is 2.38. The van der Waals surface area contributed by atoms with Crippen molar-refractivity contribution >= 4 is 5.97 Å². The lowest BCUT2D eigenvalue weighted by molar-refractivity contribution is 0.0600.